The monoisotopic (exact) mass is 366 g/mol. The van der Waals surface area contributed by atoms with Crippen LogP contribution < -0.4 is 10.6 Å². The summed E-state index contributed by atoms with van der Waals surface area (Å²) in [5, 5.41) is 6.09. The highest BCUT2D eigenvalue weighted by Gasteiger charge is 2.05. The van der Waals surface area contributed by atoms with E-state index in [1.165, 1.54) is 24.3 Å². The number of hydrogen-bond acceptors (Lipinski definition) is 2. The lowest BCUT2D eigenvalue weighted by Gasteiger charge is -2.09. The molecule has 0 bridgehead atoms. The summed E-state index contributed by atoms with van der Waals surface area (Å²) in [5.41, 5.74) is 3.30. The summed E-state index contributed by atoms with van der Waals surface area (Å²) in [5.74, 6) is -0.782. The second-order valence-electron chi connectivity index (χ2n) is 6.24. The minimum atomic E-state index is -0.351. The van der Waals surface area contributed by atoms with Gasteiger partial charge in [-0.25, -0.2) is 8.78 Å². The first-order chi connectivity index (χ1) is 13.1. The summed E-state index contributed by atoms with van der Waals surface area (Å²) in [7, 11) is 0. The van der Waals surface area contributed by atoms with Crippen molar-refractivity contribution in [3.8, 4) is 0 Å². The van der Waals surface area contributed by atoms with Gasteiger partial charge < -0.3 is 10.6 Å². The van der Waals surface area contributed by atoms with Gasteiger partial charge in [0.05, 0.1) is 6.42 Å². The van der Waals surface area contributed by atoms with E-state index in [9.17, 15) is 13.6 Å². The Hall–Kier alpha value is -3.21. The van der Waals surface area contributed by atoms with Crippen LogP contribution in [0.2, 0.25) is 0 Å². The molecule has 27 heavy (non-hydrogen) atoms. The molecule has 0 heterocycles. The van der Waals surface area contributed by atoms with E-state index >= 15 is 0 Å². The molecular weight excluding hydrogens is 346 g/mol. The Labute approximate surface area is 157 Å². The summed E-state index contributed by atoms with van der Waals surface area (Å²) < 4.78 is 26.0. The van der Waals surface area contributed by atoms with Gasteiger partial charge in [-0.3, -0.25) is 4.79 Å². The molecule has 0 radical (unpaired) electrons. The number of benzene rings is 3. The first-order valence-electron chi connectivity index (χ1n) is 8.71. The second-order valence-corrected chi connectivity index (χ2v) is 6.24. The molecule has 5 heteroatoms. The number of anilines is 2. The second kappa shape index (κ2) is 8.94. The third kappa shape index (κ3) is 5.92. The maximum atomic E-state index is 13.2. The van der Waals surface area contributed by atoms with Crippen molar-refractivity contribution in [1.82, 2.24) is 0 Å². The standard InChI is InChI=1S/C22H20F2N2O/c23-18-6-4-16(5-7-18)12-13-25-20-8-10-21(11-9-20)26-22(27)15-17-2-1-3-19(24)14-17/h1-11,14,25H,12-13,15H2,(H,26,27). The molecule has 3 nitrogen and oxygen atoms in total. The van der Waals surface area contributed by atoms with Crippen molar-refractivity contribution < 1.29 is 13.6 Å². The van der Waals surface area contributed by atoms with Crippen molar-refractivity contribution in [3.63, 3.8) is 0 Å². The van der Waals surface area contributed by atoms with Gasteiger partial charge in [0.2, 0.25) is 5.91 Å². The van der Waals surface area contributed by atoms with Crippen LogP contribution in [-0.4, -0.2) is 12.5 Å². The molecule has 2 N–H and O–H groups in total. The number of nitrogens with one attached hydrogen (secondary N) is 2. The lowest BCUT2D eigenvalue weighted by molar-refractivity contribution is -0.115. The fourth-order valence-electron chi connectivity index (χ4n) is 2.71. The smallest absolute Gasteiger partial charge is 0.228 e. The molecule has 3 aromatic carbocycles. The number of carbonyl (C=O) groups excluding carboxylic acids is 1. The highest BCUT2D eigenvalue weighted by atomic mass is 19.1. The summed E-state index contributed by atoms with van der Waals surface area (Å²) in [6.45, 7) is 0.719. The van der Waals surface area contributed by atoms with E-state index in [-0.39, 0.29) is 24.0 Å². The number of amides is 1. The van der Waals surface area contributed by atoms with Gasteiger partial charge in [0, 0.05) is 17.9 Å². The zero-order valence-corrected chi connectivity index (χ0v) is 14.7. The van der Waals surface area contributed by atoms with Gasteiger partial charge in [-0.05, 0) is 66.1 Å². The highest BCUT2D eigenvalue weighted by molar-refractivity contribution is 5.92. The molecule has 0 aliphatic rings. The molecule has 138 valence electrons. The zero-order chi connectivity index (χ0) is 19.1. The van der Waals surface area contributed by atoms with Gasteiger partial charge in [0.25, 0.3) is 0 Å². The van der Waals surface area contributed by atoms with Gasteiger partial charge in [0.15, 0.2) is 0 Å². The van der Waals surface area contributed by atoms with Crippen molar-refractivity contribution in [2.24, 2.45) is 0 Å². The molecule has 0 unspecified atom stereocenters. The van der Waals surface area contributed by atoms with Gasteiger partial charge in [-0.15, -0.1) is 0 Å². The van der Waals surface area contributed by atoms with Crippen LogP contribution in [0.1, 0.15) is 11.1 Å². The number of hydrogen-bond donors (Lipinski definition) is 2. The van der Waals surface area contributed by atoms with Crippen LogP contribution in [0.25, 0.3) is 0 Å². The Morgan fingerprint density at radius 2 is 1.48 bits per heavy atom. The Kier molecular flexibility index (Phi) is 6.15. The maximum Gasteiger partial charge on any atom is 0.228 e. The van der Waals surface area contributed by atoms with E-state index in [2.05, 4.69) is 10.6 Å². The van der Waals surface area contributed by atoms with Crippen LogP contribution in [-0.2, 0) is 17.6 Å². The molecule has 0 aromatic heterocycles. The maximum absolute atomic E-state index is 13.2. The summed E-state index contributed by atoms with van der Waals surface area (Å²) >= 11 is 0. The minimum Gasteiger partial charge on any atom is -0.385 e. The topological polar surface area (TPSA) is 41.1 Å². The average molecular weight is 366 g/mol. The van der Waals surface area contributed by atoms with E-state index in [0.29, 0.717) is 11.3 Å². The quantitative estimate of drug-likeness (QED) is 0.631. The molecule has 0 spiro atoms. The SMILES string of the molecule is O=C(Cc1cccc(F)c1)Nc1ccc(NCCc2ccc(F)cc2)cc1. The van der Waals surface area contributed by atoms with Crippen LogP contribution in [0.3, 0.4) is 0 Å². The van der Waals surface area contributed by atoms with Crippen molar-refractivity contribution in [1.29, 1.82) is 0 Å². The average Bonchev–Trinajstić information content (AvgIpc) is 2.65. The van der Waals surface area contributed by atoms with E-state index in [1.807, 2.05) is 24.3 Å². The fraction of sp³-hybridized carbons (Fsp3) is 0.136. The fourth-order valence-corrected chi connectivity index (χ4v) is 2.71. The Balaban J connectivity index is 1.46. The van der Waals surface area contributed by atoms with Gasteiger partial charge in [-0.2, -0.15) is 0 Å². The van der Waals surface area contributed by atoms with Crippen LogP contribution >= 0.6 is 0 Å². The Morgan fingerprint density at radius 3 is 2.19 bits per heavy atom. The van der Waals surface area contributed by atoms with E-state index < -0.39 is 0 Å². The lowest BCUT2D eigenvalue weighted by atomic mass is 10.1. The molecule has 0 aliphatic carbocycles. The third-order valence-corrected chi connectivity index (χ3v) is 4.08. The molecule has 0 fully saturated rings. The summed E-state index contributed by atoms with van der Waals surface area (Å²) in [4.78, 5) is 12.1. The molecule has 3 aromatic rings. The van der Waals surface area contributed by atoms with Crippen LogP contribution in [0.4, 0.5) is 20.2 Å². The van der Waals surface area contributed by atoms with E-state index in [4.69, 9.17) is 0 Å². The highest BCUT2D eigenvalue weighted by Crippen LogP contribution is 2.15. The van der Waals surface area contributed by atoms with Crippen LogP contribution in [0.15, 0.2) is 72.8 Å². The molecule has 1 amide bonds. The molecule has 3 rings (SSSR count). The first-order valence-corrected chi connectivity index (χ1v) is 8.71. The van der Waals surface area contributed by atoms with Crippen LogP contribution in [0.5, 0.6) is 0 Å². The summed E-state index contributed by atoms with van der Waals surface area (Å²) in [6.07, 6.45) is 0.905. The van der Waals surface area contributed by atoms with Crippen molar-refractivity contribution in [3.05, 3.63) is 95.6 Å². The summed E-state index contributed by atoms with van der Waals surface area (Å²) in [6, 6.07) is 19.8. The zero-order valence-electron chi connectivity index (χ0n) is 14.7. The Morgan fingerprint density at radius 1 is 0.778 bits per heavy atom. The van der Waals surface area contributed by atoms with Gasteiger partial charge in [-0.1, -0.05) is 24.3 Å². The largest absolute Gasteiger partial charge is 0.385 e. The first kappa shape index (κ1) is 18.6. The minimum absolute atomic E-state index is 0.120. The van der Waals surface area contributed by atoms with Crippen molar-refractivity contribution in [2.45, 2.75) is 12.8 Å². The molecule has 0 saturated carbocycles. The molecule has 0 aliphatic heterocycles. The van der Waals surface area contributed by atoms with Gasteiger partial charge in [0.1, 0.15) is 11.6 Å². The van der Waals surface area contributed by atoms with Crippen molar-refractivity contribution >= 4 is 17.3 Å². The number of rotatable bonds is 7. The Bertz CT molecular complexity index is 893. The van der Waals surface area contributed by atoms with E-state index in [1.54, 1.807) is 24.3 Å². The number of halogens is 2. The lowest BCUT2D eigenvalue weighted by Crippen LogP contribution is -2.14. The molecule has 0 atom stereocenters. The van der Waals surface area contributed by atoms with E-state index in [0.717, 1.165) is 24.2 Å². The van der Waals surface area contributed by atoms with Crippen LogP contribution in [0, 0.1) is 11.6 Å². The molecular formula is C22H20F2N2O. The molecule has 0 saturated heterocycles. The van der Waals surface area contributed by atoms with Crippen molar-refractivity contribution in [2.75, 3.05) is 17.2 Å². The predicted molar refractivity (Wildman–Crippen MR) is 104 cm³/mol. The third-order valence-electron chi connectivity index (χ3n) is 4.08. The predicted octanol–water partition coefficient (Wildman–Crippen LogP) is 4.80. The van der Waals surface area contributed by atoms with Gasteiger partial charge >= 0.3 is 0 Å². The normalized spacial score (nSPS) is 10.4. The number of carbonyl (C=O) groups is 1.